The average Bonchev–Trinajstić information content (AvgIpc) is 2.24. The zero-order valence-corrected chi connectivity index (χ0v) is 10.6. The van der Waals surface area contributed by atoms with Gasteiger partial charge in [0.2, 0.25) is 0 Å². The van der Waals surface area contributed by atoms with Crippen LogP contribution in [0.4, 0.5) is 0 Å². The zero-order valence-electron chi connectivity index (χ0n) is 10.6. The summed E-state index contributed by atoms with van der Waals surface area (Å²) >= 11 is 0. The van der Waals surface area contributed by atoms with E-state index in [4.69, 9.17) is 0 Å². The molecule has 4 heteroatoms. The van der Waals surface area contributed by atoms with Crippen molar-refractivity contribution in [3.63, 3.8) is 0 Å². The molecule has 1 heterocycles. The van der Waals surface area contributed by atoms with E-state index in [0.717, 1.165) is 12.4 Å². The molecule has 1 rings (SSSR count). The van der Waals surface area contributed by atoms with Gasteiger partial charge in [-0.1, -0.05) is 0 Å². The van der Waals surface area contributed by atoms with Crippen LogP contribution in [0.5, 0.6) is 0 Å². The molecule has 1 atom stereocenters. The highest BCUT2D eigenvalue weighted by atomic mass is 15.0. The Morgan fingerprint density at radius 3 is 2.44 bits per heavy atom. The summed E-state index contributed by atoms with van der Waals surface area (Å²) < 4.78 is 0. The monoisotopic (exact) mass is 222 g/mol. The van der Waals surface area contributed by atoms with Gasteiger partial charge >= 0.3 is 0 Å². The summed E-state index contributed by atoms with van der Waals surface area (Å²) in [6.07, 6.45) is 3.53. The fraction of sp³-hybridized carbons (Fsp3) is 0.667. The van der Waals surface area contributed by atoms with Crippen LogP contribution in [-0.2, 0) is 6.54 Å². The predicted octanol–water partition coefficient (Wildman–Crippen LogP) is 1.34. The quantitative estimate of drug-likeness (QED) is 0.789. The van der Waals surface area contributed by atoms with Gasteiger partial charge in [0.15, 0.2) is 0 Å². The van der Waals surface area contributed by atoms with Crippen molar-refractivity contribution >= 4 is 0 Å². The van der Waals surface area contributed by atoms with Crippen LogP contribution in [0.15, 0.2) is 18.5 Å². The van der Waals surface area contributed by atoms with Crippen LogP contribution in [0.3, 0.4) is 0 Å². The van der Waals surface area contributed by atoms with Gasteiger partial charge in [0.25, 0.3) is 0 Å². The second-order valence-electron chi connectivity index (χ2n) is 5.08. The highest BCUT2D eigenvalue weighted by Crippen LogP contribution is 1.98. The fourth-order valence-electron chi connectivity index (χ4n) is 1.22. The van der Waals surface area contributed by atoms with E-state index in [-0.39, 0.29) is 5.54 Å². The van der Waals surface area contributed by atoms with Gasteiger partial charge in [-0.25, -0.2) is 9.97 Å². The number of rotatable bonds is 5. The first-order chi connectivity index (χ1) is 7.47. The molecule has 0 spiro atoms. The van der Waals surface area contributed by atoms with Crippen molar-refractivity contribution in [2.75, 3.05) is 6.54 Å². The number of hydrogen-bond donors (Lipinski definition) is 2. The lowest BCUT2D eigenvalue weighted by Gasteiger charge is -2.23. The lowest BCUT2D eigenvalue weighted by Crippen LogP contribution is -2.44. The zero-order chi connectivity index (χ0) is 12.0. The Balaban J connectivity index is 2.23. The van der Waals surface area contributed by atoms with Gasteiger partial charge in [-0.2, -0.15) is 0 Å². The van der Waals surface area contributed by atoms with Crippen LogP contribution >= 0.6 is 0 Å². The van der Waals surface area contributed by atoms with Crippen LogP contribution in [0.25, 0.3) is 0 Å². The van der Waals surface area contributed by atoms with Crippen LogP contribution in [0, 0.1) is 0 Å². The molecule has 0 saturated carbocycles. The minimum atomic E-state index is 0.166. The summed E-state index contributed by atoms with van der Waals surface area (Å²) in [5.41, 5.74) is 0.166. The van der Waals surface area contributed by atoms with Crippen molar-refractivity contribution in [1.29, 1.82) is 0 Å². The topological polar surface area (TPSA) is 49.8 Å². The maximum absolute atomic E-state index is 4.17. The lowest BCUT2D eigenvalue weighted by atomic mass is 10.1. The molecular formula is C12H22N4. The highest BCUT2D eigenvalue weighted by molar-refractivity contribution is 4.88. The average molecular weight is 222 g/mol. The van der Waals surface area contributed by atoms with E-state index in [0.29, 0.717) is 12.6 Å². The van der Waals surface area contributed by atoms with E-state index >= 15 is 0 Å². The molecule has 0 saturated heterocycles. The summed E-state index contributed by atoms with van der Waals surface area (Å²) in [6.45, 7) is 10.3. The maximum Gasteiger partial charge on any atom is 0.141 e. The first kappa shape index (κ1) is 13.1. The molecule has 1 aromatic rings. The molecule has 0 aliphatic heterocycles. The Morgan fingerprint density at radius 2 is 1.88 bits per heavy atom. The first-order valence-electron chi connectivity index (χ1n) is 5.72. The third kappa shape index (κ3) is 5.78. The van der Waals surface area contributed by atoms with Gasteiger partial charge in [-0.3, -0.25) is 0 Å². The van der Waals surface area contributed by atoms with Gasteiger partial charge < -0.3 is 10.6 Å². The number of nitrogens with zero attached hydrogens (tertiary/aromatic N) is 2. The summed E-state index contributed by atoms with van der Waals surface area (Å²) in [5, 5.41) is 6.84. The Hall–Kier alpha value is -1.00. The van der Waals surface area contributed by atoms with Gasteiger partial charge in [-0.15, -0.1) is 0 Å². The predicted molar refractivity (Wildman–Crippen MR) is 66.1 cm³/mol. The molecule has 0 fully saturated rings. The van der Waals surface area contributed by atoms with E-state index in [9.17, 15) is 0 Å². The molecule has 0 aliphatic rings. The van der Waals surface area contributed by atoms with Gasteiger partial charge in [0, 0.05) is 30.5 Å². The van der Waals surface area contributed by atoms with E-state index in [1.807, 2.05) is 6.07 Å². The fourth-order valence-corrected chi connectivity index (χ4v) is 1.22. The molecule has 0 amide bonds. The van der Waals surface area contributed by atoms with Gasteiger partial charge in [-0.05, 0) is 33.8 Å². The van der Waals surface area contributed by atoms with E-state index in [2.05, 4.69) is 48.3 Å². The second-order valence-corrected chi connectivity index (χ2v) is 5.08. The normalized spacial score (nSPS) is 13.8. The van der Waals surface area contributed by atoms with Crippen LogP contribution in [-0.4, -0.2) is 28.1 Å². The van der Waals surface area contributed by atoms with Crippen LogP contribution in [0.2, 0.25) is 0 Å². The van der Waals surface area contributed by atoms with Crippen molar-refractivity contribution in [3.05, 3.63) is 24.3 Å². The Labute approximate surface area is 97.9 Å². The Bertz CT molecular complexity index is 292. The van der Waals surface area contributed by atoms with Crippen molar-refractivity contribution < 1.29 is 0 Å². The third-order valence-electron chi connectivity index (χ3n) is 2.17. The minimum Gasteiger partial charge on any atom is -0.311 e. The van der Waals surface area contributed by atoms with Gasteiger partial charge in [0.05, 0.1) is 6.54 Å². The van der Waals surface area contributed by atoms with Crippen LogP contribution < -0.4 is 10.6 Å². The van der Waals surface area contributed by atoms with E-state index in [1.54, 1.807) is 12.4 Å². The number of aromatic nitrogens is 2. The van der Waals surface area contributed by atoms with Crippen molar-refractivity contribution in [2.24, 2.45) is 0 Å². The summed E-state index contributed by atoms with van der Waals surface area (Å²) in [6, 6.07) is 2.23. The molecule has 1 unspecified atom stereocenters. The molecule has 1 aromatic heterocycles. The minimum absolute atomic E-state index is 0.166. The molecule has 0 aliphatic carbocycles. The SMILES string of the molecule is CC(CNC(C)(C)C)NCc1ncccn1. The third-order valence-corrected chi connectivity index (χ3v) is 2.17. The first-order valence-corrected chi connectivity index (χ1v) is 5.72. The Kier molecular flexibility index (Phi) is 4.83. The molecule has 0 radical (unpaired) electrons. The largest absolute Gasteiger partial charge is 0.311 e. The van der Waals surface area contributed by atoms with Crippen LogP contribution in [0.1, 0.15) is 33.5 Å². The number of hydrogen-bond acceptors (Lipinski definition) is 4. The Morgan fingerprint density at radius 1 is 1.25 bits per heavy atom. The number of nitrogens with one attached hydrogen (secondary N) is 2. The maximum atomic E-state index is 4.17. The molecule has 0 bridgehead atoms. The molecular weight excluding hydrogens is 200 g/mol. The standard InChI is InChI=1S/C12H22N4/c1-10(8-16-12(2,3)4)15-9-11-13-6-5-7-14-11/h5-7,10,15-16H,8-9H2,1-4H3. The lowest BCUT2D eigenvalue weighted by molar-refractivity contribution is 0.386. The van der Waals surface area contributed by atoms with Gasteiger partial charge in [0.1, 0.15) is 5.82 Å². The van der Waals surface area contributed by atoms with E-state index < -0.39 is 0 Å². The molecule has 16 heavy (non-hydrogen) atoms. The van der Waals surface area contributed by atoms with Crippen molar-refractivity contribution in [3.8, 4) is 0 Å². The molecule has 0 aromatic carbocycles. The van der Waals surface area contributed by atoms with Crippen molar-refractivity contribution in [1.82, 2.24) is 20.6 Å². The summed E-state index contributed by atoms with van der Waals surface area (Å²) in [5.74, 6) is 0.838. The second kappa shape index (κ2) is 5.92. The smallest absolute Gasteiger partial charge is 0.141 e. The molecule has 4 nitrogen and oxygen atoms in total. The summed E-state index contributed by atoms with van der Waals surface area (Å²) in [4.78, 5) is 8.33. The van der Waals surface area contributed by atoms with Crippen molar-refractivity contribution in [2.45, 2.75) is 45.8 Å². The molecule has 90 valence electrons. The summed E-state index contributed by atoms with van der Waals surface area (Å²) in [7, 11) is 0. The highest BCUT2D eigenvalue weighted by Gasteiger charge is 2.10. The molecule has 2 N–H and O–H groups in total. The van der Waals surface area contributed by atoms with E-state index in [1.165, 1.54) is 0 Å².